The molecule has 8 heteroatoms. The zero-order valence-electron chi connectivity index (χ0n) is 16.2. The first-order valence-electron chi connectivity index (χ1n) is 10.2. The third-order valence-electron chi connectivity index (χ3n) is 6.15. The van der Waals surface area contributed by atoms with E-state index >= 15 is 0 Å². The third-order valence-corrected chi connectivity index (χ3v) is 6.15. The van der Waals surface area contributed by atoms with Gasteiger partial charge in [-0.2, -0.15) is 5.10 Å². The van der Waals surface area contributed by atoms with Crippen LogP contribution in [0, 0.1) is 17.7 Å². The molecule has 2 amide bonds. The zero-order chi connectivity index (χ0) is 20.4. The van der Waals surface area contributed by atoms with E-state index in [1.165, 1.54) is 12.1 Å². The molecule has 1 aromatic rings. The minimum Gasteiger partial charge on any atom is -0.488 e. The number of aliphatic hydroxyl groups excluding tert-OH is 1. The number of aliphatic hydroxyl groups is 1. The number of carbonyl (C=O) groups excluding carboxylic acids is 2. The Bertz CT molecular complexity index is 798. The molecule has 2 aliphatic heterocycles. The molecule has 156 valence electrons. The number of benzene rings is 1. The predicted molar refractivity (Wildman–Crippen MR) is 104 cm³/mol. The Morgan fingerprint density at radius 2 is 1.93 bits per heavy atom. The van der Waals surface area contributed by atoms with Crippen molar-refractivity contribution in [2.24, 2.45) is 16.9 Å². The monoisotopic (exact) mass is 403 g/mol. The van der Waals surface area contributed by atoms with E-state index in [1.54, 1.807) is 12.1 Å². The Balaban J connectivity index is 1.29. The first-order valence-corrected chi connectivity index (χ1v) is 10.2. The highest BCUT2D eigenvalue weighted by Gasteiger charge is 2.43. The van der Waals surface area contributed by atoms with Gasteiger partial charge in [-0.05, 0) is 61.8 Å². The lowest BCUT2D eigenvalue weighted by Gasteiger charge is -2.35. The molecule has 0 radical (unpaired) electrons. The smallest absolute Gasteiger partial charge is 0.240 e. The molecule has 0 aromatic heterocycles. The summed E-state index contributed by atoms with van der Waals surface area (Å²) < 4.78 is 19.0. The van der Waals surface area contributed by atoms with Gasteiger partial charge in [-0.15, -0.1) is 0 Å². The van der Waals surface area contributed by atoms with Gasteiger partial charge in [0, 0.05) is 31.6 Å². The van der Waals surface area contributed by atoms with E-state index in [-0.39, 0.29) is 29.7 Å². The molecule has 1 aliphatic carbocycles. The molecule has 0 unspecified atom stereocenters. The lowest BCUT2D eigenvalue weighted by atomic mass is 9.78. The van der Waals surface area contributed by atoms with Crippen LogP contribution < -0.4 is 10.2 Å². The average molecular weight is 403 g/mol. The van der Waals surface area contributed by atoms with Crippen LogP contribution in [0.25, 0.3) is 0 Å². The summed E-state index contributed by atoms with van der Waals surface area (Å²) in [4.78, 5) is 25.7. The highest BCUT2D eigenvalue weighted by atomic mass is 19.1. The van der Waals surface area contributed by atoms with Gasteiger partial charge in [0.25, 0.3) is 0 Å². The van der Waals surface area contributed by atoms with Crippen LogP contribution in [0.3, 0.4) is 0 Å². The summed E-state index contributed by atoms with van der Waals surface area (Å²) >= 11 is 0. The normalized spacial score (nSPS) is 29.1. The van der Waals surface area contributed by atoms with Crippen LogP contribution in [-0.2, 0) is 9.59 Å². The van der Waals surface area contributed by atoms with E-state index in [0.29, 0.717) is 63.3 Å². The standard InChI is InChI=1S/C21H26FN3O4/c22-15-1-5-17(6-2-15)29-19-10-14-12-25(11-13(14)9-18(19)26)21(28)8-4-16-3-7-20(27)24-23-16/h1-2,5-6,13-14,18-19,26H,3-4,7-12H2,(H,24,27)/t13-,14+,18+,19+/m0/s1. The summed E-state index contributed by atoms with van der Waals surface area (Å²) in [6.07, 6.45) is 2.29. The van der Waals surface area contributed by atoms with E-state index < -0.39 is 6.10 Å². The number of hydrazone groups is 1. The molecule has 1 saturated heterocycles. The lowest BCUT2D eigenvalue weighted by Crippen LogP contribution is -2.42. The van der Waals surface area contributed by atoms with Crippen molar-refractivity contribution >= 4 is 17.5 Å². The maximum atomic E-state index is 13.1. The minimum absolute atomic E-state index is 0.0836. The minimum atomic E-state index is -0.600. The maximum absolute atomic E-state index is 13.1. The number of nitrogens with one attached hydrogen (secondary N) is 1. The average Bonchev–Trinajstić information content (AvgIpc) is 3.12. The predicted octanol–water partition coefficient (Wildman–Crippen LogP) is 1.85. The van der Waals surface area contributed by atoms with Crippen molar-refractivity contribution in [3.63, 3.8) is 0 Å². The molecule has 4 atom stereocenters. The van der Waals surface area contributed by atoms with Crippen LogP contribution in [0.15, 0.2) is 29.4 Å². The molecule has 29 heavy (non-hydrogen) atoms. The Hall–Kier alpha value is -2.48. The lowest BCUT2D eigenvalue weighted by molar-refractivity contribution is -0.130. The maximum Gasteiger partial charge on any atom is 0.240 e. The summed E-state index contributed by atoms with van der Waals surface area (Å²) in [6, 6.07) is 5.81. The first kappa shape index (κ1) is 19.8. The van der Waals surface area contributed by atoms with Gasteiger partial charge in [0.15, 0.2) is 0 Å². The Morgan fingerprint density at radius 3 is 2.62 bits per heavy atom. The number of carbonyl (C=O) groups is 2. The van der Waals surface area contributed by atoms with Crippen molar-refractivity contribution in [1.82, 2.24) is 10.3 Å². The van der Waals surface area contributed by atoms with Crippen molar-refractivity contribution in [2.75, 3.05) is 13.1 Å². The van der Waals surface area contributed by atoms with E-state index in [2.05, 4.69) is 10.5 Å². The van der Waals surface area contributed by atoms with Crippen molar-refractivity contribution in [1.29, 1.82) is 0 Å². The molecule has 1 aromatic carbocycles. The van der Waals surface area contributed by atoms with Crippen molar-refractivity contribution < 1.29 is 23.8 Å². The van der Waals surface area contributed by atoms with E-state index in [0.717, 1.165) is 5.71 Å². The summed E-state index contributed by atoms with van der Waals surface area (Å²) in [7, 11) is 0. The number of hydrogen-bond acceptors (Lipinski definition) is 5. The van der Waals surface area contributed by atoms with Crippen LogP contribution in [0.4, 0.5) is 4.39 Å². The number of likely N-dealkylation sites (tertiary alicyclic amines) is 1. The molecule has 1 saturated carbocycles. The number of hydrogen-bond donors (Lipinski definition) is 2. The number of amides is 2. The zero-order valence-corrected chi connectivity index (χ0v) is 16.2. The molecule has 2 N–H and O–H groups in total. The van der Waals surface area contributed by atoms with E-state index in [9.17, 15) is 19.1 Å². The molecule has 7 nitrogen and oxygen atoms in total. The van der Waals surface area contributed by atoms with Gasteiger partial charge in [0.2, 0.25) is 11.8 Å². The first-order chi connectivity index (χ1) is 14.0. The Kier molecular flexibility index (Phi) is 5.80. The highest BCUT2D eigenvalue weighted by Crippen LogP contribution is 2.38. The fourth-order valence-electron chi connectivity index (χ4n) is 4.51. The van der Waals surface area contributed by atoms with Crippen molar-refractivity contribution in [3.05, 3.63) is 30.1 Å². The van der Waals surface area contributed by atoms with Gasteiger partial charge in [-0.1, -0.05) is 0 Å². The topological polar surface area (TPSA) is 91.2 Å². The van der Waals surface area contributed by atoms with Gasteiger partial charge in [-0.25, -0.2) is 9.82 Å². The quantitative estimate of drug-likeness (QED) is 0.785. The molecule has 4 rings (SSSR count). The van der Waals surface area contributed by atoms with Gasteiger partial charge in [0.05, 0.1) is 6.10 Å². The van der Waals surface area contributed by atoms with Gasteiger partial charge < -0.3 is 14.7 Å². The molecule has 2 fully saturated rings. The van der Waals surface area contributed by atoms with Crippen LogP contribution in [0.5, 0.6) is 5.75 Å². The highest BCUT2D eigenvalue weighted by molar-refractivity contribution is 5.94. The molecule has 2 heterocycles. The second kappa shape index (κ2) is 8.49. The number of halogens is 1. The van der Waals surface area contributed by atoms with Gasteiger partial charge >= 0.3 is 0 Å². The number of ether oxygens (including phenoxy) is 1. The molecule has 3 aliphatic rings. The van der Waals surface area contributed by atoms with Gasteiger partial charge in [0.1, 0.15) is 17.7 Å². The fourth-order valence-corrected chi connectivity index (χ4v) is 4.51. The third kappa shape index (κ3) is 4.75. The van der Waals surface area contributed by atoms with Crippen LogP contribution in [0.1, 0.15) is 38.5 Å². The number of rotatable bonds is 5. The molecular weight excluding hydrogens is 377 g/mol. The van der Waals surface area contributed by atoms with Crippen molar-refractivity contribution in [3.8, 4) is 5.75 Å². The van der Waals surface area contributed by atoms with Crippen LogP contribution >= 0.6 is 0 Å². The number of fused-ring (bicyclic) bond motifs is 1. The second-order valence-electron chi connectivity index (χ2n) is 8.18. The molecule has 0 spiro atoms. The second-order valence-corrected chi connectivity index (χ2v) is 8.18. The number of nitrogens with zero attached hydrogens (tertiary/aromatic N) is 2. The summed E-state index contributed by atoms with van der Waals surface area (Å²) in [5, 5.41) is 14.5. The van der Waals surface area contributed by atoms with E-state index in [4.69, 9.17) is 4.74 Å². The summed E-state index contributed by atoms with van der Waals surface area (Å²) in [5.41, 5.74) is 3.32. The SMILES string of the molecule is O=C1CCC(CCC(=O)N2C[C@H]3C[C@@H](Oc4ccc(F)cc4)[C@H](O)C[C@H]3C2)=NN1. The fraction of sp³-hybridized carbons (Fsp3) is 0.571. The van der Waals surface area contributed by atoms with Gasteiger partial charge in [-0.3, -0.25) is 9.59 Å². The van der Waals surface area contributed by atoms with Crippen LogP contribution in [0.2, 0.25) is 0 Å². The summed E-state index contributed by atoms with van der Waals surface area (Å²) in [5.74, 6) is 0.782. The summed E-state index contributed by atoms with van der Waals surface area (Å²) in [6.45, 7) is 1.33. The Morgan fingerprint density at radius 1 is 1.21 bits per heavy atom. The Labute approximate surface area is 168 Å². The molecule has 0 bridgehead atoms. The van der Waals surface area contributed by atoms with Crippen LogP contribution in [-0.4, -0.2) is 52.8 Å². The van der Waals surface area contributed by atoms with Crippen molar-refractivity contribution in [2.45, 2.75) is 50.7 Å². The largest absolute Gasteiger partial charge is 0.488 e. The van der Waals surface area contributed by atoms with E-state index in [1.807, 2.05) is 4.90 Å². The molecular formula is C21H26FN3O4.